The summed E-state index contributed by atoms with van der Waals surface area (Å²) >= 11 is 12.9. The molecule has 15 heteroatoms. The smallest absolute Gasteiger partial charge is 0.406 e. The van der Waals surface area contributed by atoms with E-state index in [-0.39, 0.29) is 28.4 Å². The van der Waals surface area contributed by atoms with Crippen LogP contribution in [-0.2, 0) is 4.79 Å². The Hall–Kier alpha value is -4.27. The number of thioether (sulfide) groups is 1. The number of nitrogens with one attached hydrogen (secondary N) is 1. The molecular formula is C30H25ClF3N7O2S2. The van der Waals surface area contributed by atoms with Gasteiger partial charge in [-0.3, -0.25) is 15.1 Å². The summed E-state index contributed by atoms with van der Waals surface area (Å²) in [6.45, 7) is 5.98. The second kappa shape index (κ2) is 13.4. The lowest BCUT2D eigenvalue weighted by molar-refractivity contribution is -0.274. The number of ether oxygens (including phenoxy) is 1. The standard InChI is InChI=1S/C30H25ClF3N7O2S2/c1-17(2)24-11-6-21(31)13-25(24)41-26(42)15-45-29(41)37-28(44)38-36-14-20-5-4-19(12-18(20)3)27-35-16-40(39-27)22-7-9-23(10-8-22)43-30(32,33)34/h4-14,16-17H,15H2,1-3H3,(H,38,44)/b36-14+,37-29?. The highest BCUT2D eigenvalue weighted by Gasteiger charge is 2.32. The topological polar surface area (TPSA) is 97.0 Å². The zero-order chi connectivity index (χ0) is 32.3. The number of hydrogen-bond acceptors (Lipinski definition) is 7. The quantitative estimate of drug-likeness (QED) is 0.125. The fraction of sp³-hybridized carbons (Fsp3) is 0.200. The summed E-state index contributed by atoms with van der Waals surface area (Å²) in [5, 5.41) is 9.71. The van der Waals surface area contributed by atoms with Gasteiger partial charge in [-0.25, -0.2) is 9.67 Å². The van der Waals surface area contributed by atoms with Crippen LogP contribution >= 0.6 is 35.6 Å². The summed E-state index contributed by atoms with van der Waals surface area (Å²) in [4.78, 5) is 23.1. The fourth-order valence-corrected chi connectivity index (χ4v) is 5.66. The third kappa shape index (κ3) is 7.88. The van der Waals surface area contributed by atoms with Crippen molar-refractivity contribution < 1.29 is 22.7 Å². The molecule has 3 aromatic carbocycles. The zero-order valence-corrected chi connectivity index (χ0v) is 26.4. The van der Waals surface area contributed by atoms with Gasteiger partial charge >= 0.3 is 6.36 Å². The molecular weight excluding hydrogens is 647 g/mol. The number of rotatable bonds is 7. The molecule has 232 valence electrons. The average molecular weight is 672 g/mol. The third-order valence-corrected chi connectivity index (χ3v) is 7.88. The highest BCUT2D eigenvalue weighted by atomic mass is 35.5. The second-order valence-electron chi connectivity index (χ2n) is 10.1. The zero-order valence-electron chi connectivity index (χ0n) is 24.0. The van der Waals surface area contributed by atoms with Crippen LogP contribution in [0.25, 0.3) is 17.1 Å². The summed E-state index contributed by atoms with van der Waals surface area (Å²) in [7, 11) is 0. The van der Waals surface area contributed by atoms with E-state index in [0.717, 1.165) is 22.3 Å². The molecule has 5 rings (SSSR count). The van der Waals surface area contributed by atoms with E-state index in [0.29, 0.717) is 27.4 Å². The van der Waals surface area contributed by atoms with Crippen LogP contribution in [0, 0.1) is 6.92 Å². The van der Waals surface area contributed by atoms with Crippen molar-refractivity contribution in [2.75, 3.05) is 10.7 Å². The van der Waals surface area contributed by atoms with Crippen LogP contribution in [-0.4, -0.2) is 49.3 Å². The monoisotopic (exact) mass is 671 g/mol. The third-order valence-electron chi connectivity index (χ3n) is 6.54. The largest absolute Gasteiger partial charge is 0.573 e. The Kier molecular flexibility index (Phi) is 9.56. The molecule has 0 saturated carbocycles. The van der Waals surface area contributed by atoms with Gasteiger partial charge in [-0.2, -0.15) is 10.1 Å². The number of hydrogen-bond donors (Lipinski definition) is 1. The van der Waals surface area contributed by atoms with E-state index in [9.17, 15) is 18.0 Å². The van der Waals surface area contributed by atoms with Crippen molar-refractivity contribution in [3.63, 3.8) is 0 Å². The van der Waals surface area contributed by atoms with Crippen LogP contribution in [0.3, 0.4) is 0 Å². The Morgan fingerprint density at radius 2 is 1.91 bits per heavy atom. The SMILES string of the molecule is Cc1cc(-c2ncn(-c3ccc(OC(F)(F)F)cc3)n2)ccc1/C=N/NC(=S)N=C1SCC(=O)N1c1cc(Cl)ccc1C(C)C. The number of aryl methyl sites for hydroxylation is 1. The number of thiocarbonyl (C=S) groups is 1. The Morgan fingerprint density at radius 3 is 2.60 bits per heavy atom. The minimum absolute atomic E-state index is 0.0867. The first-order valence-corrected chi connectivity index (χ1v) is 15.2. The molecule has 0 atom stereocenters. The highest BCUT2D eigenvalue weighted by molar-refractivity contribution is 8.15. The molecule has 1 amide bonds. The Morgan fingerprint density at radius 1 is 1.16 bits per heavy atom. The Balaban J connectivity index is 1.25. The van der Waals surface area contributed by atoms with Gasteiger partial charge in [0.1, 0.15) is 12.1 Å². The van der Waals surface area contributed by atoms with Gasteiger partial charge in [-0.05, 0) is 84.2 Å². The molecule has 1 aliphatic rings. The first-order valence-electron chi connectivity index (χ1n) is 13.4. The van der Waals surface area contributed by atoms with E-state index < -0.39 is 6.36 Å². The maximum Gasteiger partial charge on any atom is 0.573 e. The van der Waals surface area contributed by atoms with Crippen molar-refractivity contribution in [3.05, 3.63) is 88.7 Å². The predicted molar refractivity (Wildman–Crippen MR) is 174 cm³/mol. The van der Waals surface area contributed by atoms with Crippen molar-refractivity contribution in [1.82, 2.24) is 20.2 Å². The first-order chi connectivity index (χ1) is 21.4. The average Bonchev–Trinajstić information content (AvgIpc) is 3.60. The molecule has 2 heterocycles. The molecule has 0 unspecified atom stereocenters. The molecule has 0 aliphatic carbocycles. The van der Waals surface area contributed by atoms with Gasteiger partial charge in [-0.15, -0.1) is 18.3 Å². The summed E-state index contributed by atoms with van der Waals surface area (Å²) < 4.78 is 42.6. The summed E-state index contributed by atoms with van der Waals surface area (Å²) in [6, 6.07) is 16.3. The van der Waals surface area contributed by atoms with Gasteiger partial charge in [0.15, 0.2) is 11.0 Å². The van der Waals surface area contributed by atoms with Crippen LogP contribution in [0.15, 0.2) is 77.1 Å². The minimum Gasteiger partial charge on any atom is -0.406 e. The maximum atomic E-state index is 12.8. The van der Waals surface area contributed by atoms with Gasteiger partial charge in [-0.1, -0.05) is 55.4 Å². The molecule has 1 N–H and O–H groups in total. The molecule has 45 heavy (non-hydrogen) atoms. The van der Waals surface area contributed by atoms with Crippen LogP contribution in [0.1, 0.15) is 36.5 Å². The number of alkyl halides is 3. The molecule has 4 aromatic rings. The number of aromatic nitrogens is 3. The lowest BCUT2D eigenvalue weighted by Gasteiger charge is -2.22. The van der Waals surface area contributed by atoms with Gasteiger partial charge < -0.3 is 4.74 Å². The van der Waals surface area contributed by atoms with Crippen molar-refractivity contribution >= 4 is 63.7 Å². The van der Waals surface area contributed by atoms with Gasteiger partial charge in [0.25, 0.3) is 0 Å². The highest BCUT2D eigenvalue weighted by Crippen LogP contribution is 2.35. The van der Waals surface area contributed by atoms with E-state index in [1.165, 1.54) is 47.0 Å². The summed E-state index contributed by atoms with van der Waals surface area (Å²) in [5.74, 6) is 0.388. The minimum atomic E-state index is -4.76. The number of carbonyl (C=O) groups excluding carboxylic acids is 1. The number of halogens is 4. The van der Waals surface area contributed by atoms with Crippen LogP contribution in [0.5, 0.6) is 5.75 Å². The van der Waals surface area contributed by atoms with Gasteiger partial charge in [0.05, 0.1) is 23.3 Å². The van der Waals surface area contributed by atoms with E-state index in [4.69, 9.17) is 23.8 Å². The molecule has 0 radical (unpaired) electrons. The number of benzene rings is 3. The predicted octanol–water partition coefficient (Wildman–Crippen LogP) is 7.26. The summed E-state index contributed by atoms with van der Waals surface area (Å²) in [5.41, 5.74) is 7.33. The number of nitrogens with zero attached hydrogens (tertiary/aromatic N) is 6. The number of carbonyl (C=O) groups is 1. The molecule has 0 spiro atoms. The van der Waals surface area contributed by atoms with E-state index in [2.05, 4.69) is 30.3 Å². The first kappa shape index (κ1) is 32.1. The molecule has 9 nitrogen and oxygen atoms in total. The van der Waals surface area contributed by atoms with Gasteiger partial charge in [0, 0.05) is 10.6 Å². The normalized spacial score (nSPS) is 14.6. The van der Waals surface area contributed by atoms with Crippen molar-refractivity contribution in [2.45, 2.75) is 33.1 Å². The van der Waals surface area contributed by atoms with Crippen LogP contribution in [0.4, 0.5) is 18.9 Å². The Labute approximate surface area is 271 Å². The van der Waals surface area contributed by atoms with E-state index in [1.54, 1.807) is 23.2 Å². The lowest BCUT2D eigenvalue weighted by Crippen LogP contribution is -2.31. The van der Waals surface area contributed by atoms with Crippen LogP contribution in [0.2, 0.25) is 5.02 Å². The number of amides is 1. The maximum absolute atomic E-state index is 12.8. The van der Waals surface area contributed by atoms with Crippen molar-refractivity contribution in [1.29, 1.82) is 0 Å². The second-order valence-corrected chi connectivity index (χ2v) is 11.8. The number of anilines is 1. The number of hydrazone groups is 1. The van der Waals surface area contributed by atoms with Crippen molar-refractivity contribution in [3.8, 4) is 22.8 Å². The molecule has 1 fully saturated rings. The van der Waals surface area contributed by atoms with Crippen molar-refractivity contribution in [2.24, 2.45) is 10.1 Å². The van der Waals surface area contributed by atoms with E-state index in [1.807, 2.05) is 45.0 Å². The molecule has 0 bridgehead atoms. The summed E-state index contributed by atoms with van der Waals surface area (Å²) in [6.07, 6.45) is -1.69. The Bertz CT molecular complexity index is 1810. The molecule has 1 aromatic heterocycles. The van der Waals surface area contributed by atoms with E-state index >= 15 is 0 Å². The number of amidine groups is 1. The number of aliphatic imine (C=N–C) groups is 1. The lowest BCUT2D eigenvalue weighted by atomic mass is 10.0. The van der Waals surface area contributed by atoms with Gasteiger partial charge in [0.2, 0.25) is 11.0 Å². The fourth-order valence-electron chi connectivity index (χ4n) is 4.43. The van der Waals surface area contributed by atoms with Crippen LogP contribution < -0.4 is 15.1 Å². The molecule has 1 aliphatic heterocycles. The molecule has 1 saturated heterocycles.